The Kier molecular flexibility index (Phi) is 3.80. The number of sulfonamides is 1. The second kappa shape index (κ2) is 5.38. The van der Waals surface area contributed by atoms with Gasteiger partial charge < -0.3 is 10.5 Å². The molecule has 0 aliphatic carbocycles. The monoisotopic (exact) mass is 296 g/mol. The van der Waals surface area contributed by atoms with Crippen LogP contribution in [-0.4, -0.2) is 15.5 Å². The minimum Gasteiger partial charge on any atom is -0.495 e. The molecule has 0 spiro atoms. The van der Waals surface area contributed by atoms with Gasteiger partial charge in [-0.2, -0.15) is 0 Å². The highest BCUT2D eigenvalue weighted by Gasteiger charge is 2.16. The van der Waals surface area contributed by atoms with Crippen LogP contribution in [0, 0.1) is 5.82 Å². The third-order valence-corrected chi connectivity index (χ3v) is 3.99. The molecular formula is C13H13FN2O3S. The maximum absolute atomic E-state index is 12.8. The summed E-state index contributed by atoms with van der Waals surface area (Å²) in [5.74, 6) is -0.172. The van der Waals surface area contributed by atoms with Crippen molar-refractivity contribution in [2.24, 2.45) is 0 Å². The molecule has 0 atom stereocenters. The highest BCUT2D eigenvalue weighted by Crippen LogP contribution is 2.26. The summed E-state index contributed by atoms with van der Waals surface area (Å²) in [5.41, 5.74) is 6.24. The Morgan fingerprint density at radius 3 is 2.40 bits per heavy atom. The van der Waals surface area contributed by atoms with Crippen LogP contribution >= 0.6 is 0 Å². The van der Waals surface area contributed by atoms with E-state index < -0.39 is 15.8 Å². The number of ether oxygens (including phenoxy) is 1. The number of halogens is 1. The van der Waals surface area contributed by atoms with Crippen molar-refractivity contribution in [3.8, 4) is 5.75 Å². The first-order valence-corrected chi connectivity index (χ1v) is 7.12. The van der Waals surface area contributed by atoms with Crippen LogP contribution < -0.4 is 15.2 Å². The molecule has 0 bridgehead atoms. The van der Waals surface area contributed by atoms with Crippen molar-refractivity contribution < 1.29 is 17.5 Å². The van der Waals surface area contributed by atoms with Crippen molar-refractivity contribution in [1.82, 2.24) is 0 Å². The van der Waals surface area contributed by atoms with Gasteiger partial charge in [-0.25, -0.2) is 12.8 Å². The summed E-state index contributed by atoms with van der Waals surface area (Å²) in [6.07, 6.45) is 0. The molecule has 0 amide bonds. The molecule has 0 unspecified atom stereocenters. The van der Waals surface area contributed by atoms with Crippen LogP contribution in [0.15, 0.2) is 47.4 Å². The molecule has 5 nitrogen and oxygen atoms in total. The summed E-state index contributed by atoms with van der Waals surface area (Å²) in [6, 6.07) is 9.13. The molecule has 2 aromatic rings. The molecule has 0 heterocycles. The molecule has 3 N–H and O–H groups in total. The molecule has 0 aromatic heterocycles. The number of anilines is 2. The molecule has 7 heteroatoms. The zero-order chi connectivity index (χ0) is 14.8. The van der Waals surface area contributed by atoms with Crippen molar-refractivity contribution in [3.05, 3.63) is 48.3 Å². The largest absolute Gasteiger partial charge is 0.495 e. The third-order valence-electron chi connectivity index (χ3n) is 2.61. The quantitative estimate of drug-likeness (QED) is 0.848. The molecule has 20 heavy (non-hydrogen) atoms. The molecular weight excluding hydrogens is 283 g/mol. The van der Waals surface area contributed by atoms with E-state index in [9.17, 15) is 12.8 Å². The van der Waals surface area contributed by atoms with Gasteiger partial charge in [0.2, 0.25) is 0 Å². The number of nitrogen functional groups attached to an aromatic ring is 1. The Morgan fingerprint density at radius 1 is 1.15 bits per heavy atom. The SMILES string of the molecule is COc1cc(S(=O)(=O)Nc2ccc(F)cc2)ccc1N. The molecule has 0 aliphatic rings. The number of nitrogens with two attached hydrogens (primary N) is 1. The molecule has 0 saturated heterocycles. The predicted molar refractivity (Wildman–Crippen MR) is 74.6 cm³/mol. The van der Waals surface area contributed by atoms with E-state index in [2.05, 4.69) is 4.72 Å². The summed E-state index contributed by atoms with van der Waals surface area (Å²) >= 11 is 0. The molecule has 0 fully saturated rings. The normalized spacial score (nSPS) is 11.1. The Morgan fingerprint density at radius 2 is 1.80 bits per heavy atom. The first-order chi connectivity index (χ1) is 9.42. The molecule has 0 radical (unpaired) electrons. The van der Waals surface area contributed by atoms with Crippen LogP contribution in [0.3, 0.4) is 0 Å². The van der Waals surface area contributed by atoms with E-state index in [0.29, 0.717) is 5.69 Å². The summed E-state index contributed by atoms with van der Waals surface area (Å²) < 4.78 is 44.4. The summed E-state index contributed by atoms with van der Waals surface area (Å²) in [4.78, 5) is 0.00729. The number of hydrogen-bond acceptors (Lipinski definition) is 4. The Bertz CT molecular complexity index is 715. The fourth-order valence-electron chi connectivity index (χ4n) is 1.59. The number of methoxy groups -OCH3 is 1. The Hall–Kier alpha value is -2.28. The predicted octanol–water partition coefficient (Wildman–Crippen LogP) is 2.22. The second-order valence-corrected chi connectivity index (χ2v) is 5.70. The second-order valence-electron chi connectivity index (χ2n) is 4.02. The standard InChI is InChI=1S/C13H13FN2O3S/c1-19-13-8-11(6-7-12(13)15)20(17,18)16-10-4-2-9(14)3-5-10/h2-8,16H,15H2,1H3. The van der Waals surface area contributed by atoms with Gasteiger partial charge in [0.05, 0.1) is 17.7 Å². The minimum absolute atomic E-state index is 0.00729. The number of rotatable bonds is 4. The van der Waals surface area contributed by atoms with E-state index in [1.54, 1.807) is 0 Å². The fraction of sp³-hybridized carbons (Fsp3) is 0.0769. The fourth-order valence-corrected chi connectivity index (χ4v) is 2.66. The van der Waals surface area contributed by atoms with Crippen LogP contribution in [0.5, 0.6) is 5.75 Å². The lowest BCUT2D eigenvalue weighted by Crippen LogP contribution is -2.13. The van der Waals surface area contributed by atoms with Crippen molar-refractivity contribution >= 4 is 21.4 Å². The molecule has 0 saturated carbocycles. The van der Waals surface area contributed by atoms with E-state index in [0.717, 1.165) is 0 Å². The molecule has 106 valence electrons. The van der Waals surface area contributed by atoms with Gasteiger partial charge in [0, 0.05) is 11.8 Å². The first-order valence-electron chi connectivity index (χ1n) is 5.64. The van der Waals surface area contributed by atoms with Crippen molar-refractivity contribution in [2.75, 3.05) is 17.6 Å². The maximum Gasteiger partial charge on any atom is 0.262 e. The van der Waals surface area contributed by atoms with Crippen LogP contribution in [0.1, 0.15) is 0 Å². The van der Waals surface area contributed by atoms with E-state index in [1.165, 1.54) is 49.6 Å². The number of benzene rings is 2. The lowest BCUT2D eigenvalue weighted by Gasteiger charge is -2.10. The number of hydrogen-bond donors (Lipinski definition) is 2. The smallest absolute Gasteiger partial charge is 0.262 e. The van der Waals surface area contributed by atoms with E-state index in [4.69, 9.17) is 10.5 Å². The van der Waals surface area contributed by atoms with Gasteiger partial charge in [0.1, 0.15) is 11.6 Å². The highest BCUT2D eigenvalue weighted by molar-refractivity contribution is 7.92. The van der Waals surface area contributed by atoms with E-state index in [-0.39, 0.29) is 16.3 Å². The van der Waals surface area contributed by atoms with Gasteiger partial charge in [-0.3, -0.25) is 4.72 Å². The zero-order valence-electron chi connectivity index (χ0n) is 10.6. The maximum atomic E-state index is 12.8. The topological polar surface area (TPSA) is 81.4 Å². The zero-order valence-corrected chi connectivity index (χ0v) is 11.4. The van der Waals surface area contributed by atoms with Gasteiger partial charge in [-0.15, -0.1) is 0 Å². The van der Waals surface area contributed by atoms with Gasteiger partial charge in [0.25, 0.3) is 10.0 Å². The van der Waals surface area contributed by atoms with Crippen LogP contribution in [0.4, 0.5) is 15.8 Å². The van der Waals surface area contributed by atoms with Crippen molar-refractivity contribution in [1.29, 1.82) is 0 Å². The van der Waals surface area contributed by atoms with Crippen molar-refractivity contribution in [2.45, 2.75) is 4.90 Å². The van der Waals surface area contributed by atoms with Gasteiger partial charge in [-0.05, 0) is 36.4 Å². The van der Waals surface area contributed by atoms with Gasteiger partial charge >= 0.3 is 0 Å². The highest BCUT2D eigenvalue weighted by atomic mass is 32.2. The van der Waals surface area contributed by atoms with E-state index >= 15 is 0 Å². The van der Waals surface area contributed by atoms with Crippen molar-refractivity contribution in [3.63, 3.8) is 0 Å². The molecule has 2 aromatic carbocycles. The minimum atomic E-state index is -3.78. The van der Waals surface area contributed by atoms with Crippen LogP contribution in [0.25, 0.3) is 0 Å². The molecule has 2 rings (SSSR count). The van der Waals surface area contributed by atoms with E-state index in [1.807, 2.05) is 0 Å². The summed E-state index contributed by atoms with van der Waals surface area (Å²) in [5, 5.41) is 0. The number of nitrogens with one attached hydrogen (secondary N) is 1. The Labute approximate surface area is 116 Å². The first kappa shape index (κ1) is 14.1. The van der Waals surface area contributed by atoms with Gasteiger partial charge in [0.15, 0.2) is 0 Å². The lowest BCUT2D eigenvalue weighted by molar-refractivity contribution is 0.415. The van der Waals surface area contributed by atoms with Gasteiger partial charge in [-0.1, -0.05) is 0 Å². The van der Waals surface area contributed by atoms with Crippen LogP contribution in [0.2, 0.25) is 0 Å². The average Bonchev–Trinajstić information content (AvgIpc) is 2.41. The lowest BCUT2D eigenvalue weighted by atomic mass is 10.3. The third kappa shape index (κ3) is 3.00. The van der Waals surface area contributed by atoms with Crippen LogP contribution in [-0.2, 0) is 10.0 Å². The summed E-state index contributed by atoms with van der Waals surface area (Å²) in [7, 11) is -2.39. The Balaban J connectivity index is 2.33. The summed E-state index contributed by atoms with van der Waals surface area (Å²) in [6.45, 7) is 0. The molecule has 0 aliphatic heterocycles. The average molecular weight is 296 g/mol.